The van der Waals surface area contributed by atoms with E-state index in [2.05, 4.69) is 39.1 Å². The number of H-pyrrole nitrogens is 1. The molecule has 0 bridgehead atoms. The number of nitrogens with one attached hydrogen (secondary N) is 1. The van der Waals surface area contributed by atoms with E-state index in [-0.39, 0.29) is 0 Å². The third-order valence-corrected chi connectivity index (χ3v) is 3.88. The summed E-state index contributed by atoms with van der Waals surface area (Å²) < 4.78 is 3.78. The van der Waals surface area contributed by atoms with Crippen molar-refractivity contribution in [1.29, 1.82) is 0 Å². The standard InChI is InChI=1S/C16H17N7/c1-10(2)15-14-13(4-5-17-16(14)21-20-15)23-8-12(18-9-23)11-6-19-22(3)7-11/h4-10H,1-3H3,(H,17,20,21). The SMILES string of the molecule is CC(C)c1n[nH]c2nccc(-n3cnc(-c4cnn(C)c4)c3)c12. The molecule has 7 heteroatoms. The van der Waals surface area contributed by atoms with Gasteiger partial charge < -0.3 is 4.57 Å². The fourth-order valence-electron chi connectivity index (χ4n) is 2.75. The second-order valence-corrected chi connectivity index (χ2v) is 5.89. The van der Waals surface area contributed by atoms with Crippen LogP contribution >= 0.6 is 0 Å². The summed E-state index contributed by atoms with van der Waals surface area (Å²) in [6.07, 6.45) is 9.36. The Kier molecular flexibility index (Phi) is 3.00. The molecule has 0 aromatic carbocycles. The molecule has 0 amide bonds. The molecule has 23 heavy (non-hydrogen) atoms. The molecule has 4 rings (SSSR count). The Bertz CT molecular complexity index is 973. The molecule has 4 aromatic heterocycles. The van der Waals surface area contributed by atoms with Gasteiger partial charge in [-0.1, -0.05) is 13.8 Å². The summed E-state index contributed by atoms with van der Waals surface area (Å²) in [6.45, 7) is 4.25. The lowest BCUT2D eigenvalue weighted by Crippen LogP contribution is -1.95. The number of aromatic amines is 1. The van der Waals surface area contributed by atoms with Crippen LogP contribution in [0.1, 0.15) is 25.5 Å². The van der Waals surface area contributed by atoms with Gasteiger partial charge in [0.15, 0.2) is 5.65 Å². The Morgan fingerprint density at radius 3 is 2.78 bits per heavy atom. The number of nitrogens with zero attached hydrogens (tertiary/aromatic N) is 6. The molecule has 116 valence electrons. The number of aryl methyl sites for hydroxylation is 1. The maximum Gasteiger partial charge on any atom is 0.157 e. The molecule has 0 fully saturated rings. The smallest absolute Gasteiger partial charge is 0.157 e. The van der Waals surface area contributed by atoms with E-state index in [4.69, 9.17) is 0 Å². The Morgan fingerprint density at radius 1 is 1.17 bits per heavy atom. The Labute approximate surface area is 133 Å². The number of hydrogen-bond donors (Lipinski definition) is 1. The average molecular weight is 307 g/mol. The highest BCUT2D eigenvalue weighted by Gasteiger charge is 2.16. The molecular weight excluding hydrogens is 290 g/mol. The van der Waals surface area contributed by atoms with Gasteiger partial charge in [0.2, 0.25) is 0 Å². The number of aromatic nitrogens is 7. The second kappa shape index (κ2) is 5.05. The van der Waals surface area contributed by atoms with Crippen LogP contribution in [0.3, 0.4) is 0 Å². The molecule has 7 nitrogen and oxygen atoms in total. The van der Waals surface area contributed by atoms with E-state index in [1.165, 1.54) is 0 Å². The average Bonchev–Trinajstić information content (AvgIpc) is 3.24. The molecule has 0 saturated carbocycles. The molecule has 0 spiro atoms. The minimum absolute atomic E-state index is 0.313. The van der Waals surface area contributed by atoms with Crippen molar-refractivity contribution < 1.29 is 0 Å². The molecule has 1 N–H and O–H groups in total. The van der Waals surface area contributed by atoms with E-state index in [9.17, 15) is 0 Å². The Balaban J connectivity index is 1.86. The first kappa shape index (κ1) is 13.7. The molecule has 0 aliphatic carbocycles. The molecule has 0 unspecified atom stereocenters. The normalized spacial score (nSPS) is 11.7. The zero-order valence-corrected chi connectivity index (χ0v) is 13.2. The zero-order valence-electron chi connectivity index (χ0n) is 13.2. The maximum atomic E-state index is 4.50. The highest BCUT2D eigenvalue weighted by Crippen LogP contribution is 2.28. The zero-order chi connectivity index (χ0) is 16.0. The van der Waals surface area contributed by atoms with Crippen LogP contribution in [0.4, 0.5) is 0 Å². The van der Waals surface area contributed by atoms with Crippen LogP contribution in [-0.2, 0) is 7.05 Å². The second-order valence-electron chi connectivity index (χ2n) is 5.89. The van der Waals surface area contributed by atoms with Gasteiger partial charge >= 0.3 is 0 Å². The molecule has 4 heterocycles. The van der Waals surface area contributed by atoms with Gasteiger partial charge in [-0.15, -0.1) is 0 Å². The Morgan fingerprint density at radius 2 is 2.04 bits per heavy atom. The van der Waals surface area contributed by atoms with Crippen molar-refractivity contribution in [3.63, 3.8) is 0 Å². The molecule has 4 aromatic rings. The minimum Gasteiger partial charge on any atom is -0.305 e. The van der Waals surface area contributed by atoms with Crippen molar-refractivity contribution in [1.82, 2.24) is 34.5 Å². The van der Waals surface area contributed by atoms with E-state index in [1.54, 1.807) is 10.9 Å². The van der Waals surface area contributed by atoms with Crippen LogP contribution in [0.2, 0.25) is 0 Å². The van der Waals surface area contributed by atoms with Crippen molar-refractivity contribution >= 4 is 11.0 Å². The van der Waals surface area contributed by atoms with Gasteiger partial charge in [-0.2, -0.15) is 10.2 Å². The fraction of sp³-hybridized carbons (Fsp3) is 0.250. The van der Waals surface area contributed by atoms with Crippen LogP contribution < -0.4 is 0 Å². The van der Waals surface area contributed by atoms with E-state index < -0.39 is 0 Å². The molecule has 0 aliphatic rings. The summed E-state index contributed by atoms with van der Waals surface area (Å²) in [5.41, 5.74) is 4.71. The number of fused-ring (bicyclic) bond motifs is 1. The summed E-state index contributed by atoms with van der Waals surface area (Å²) in [5.74, 6) is 0.313. The van der Waals surface area contributed by atoms with Crippen LogP contribution in [-0.4, -0.2) is 34.5 Å². The van der Waals surface area contributed by atoms with Gasteiger partial charge in [0.05, 0.1) is 35.0 Å². The van der Waals surface area contributed by atoms with Crippen molar-refractivity contribution in [2.75, 3.05) is 0 Å². The van der Waals surface area contributed by atoms with Gasteiger partial charge in [-0.05, 0) is 12.0 Å². The molecule has 0 radical (unpaired) electrons. The van der Waals surface area contributed by atoms with Gasteiger partial charge in [-0.3, -0.25) is 9.78 Å². The summed E-state index contributed by atoms with van der Waals surface area (Å²) in [5, 5.41) is 12.7. The lowest BCUT2D eigenvalue weighted by atomic mass is 10.1. The van der Waals surface area contributed by atoms with Crippen molar-refractivity contribution in [3.8, 4) is 16.9 Å². The number of rotatable bonds is 3. The summed E-state index contributed by atoms with van der Waals surface area (Å²) in [6, 6.07) is 1.98. The van der Waals surface area contributed by atoms with Crippen LogP contribution in [0.15, 0.2) is 37.2 Å². The van der Waals surface area contributed by atoms with E-state index in [0.717, 1.165) is 33.7 Å². The van der Waals surface area contributed by atoms with Crippen molar-refractivity contribution in [2.24, 2.45) is 7.05 Å². The Hall–Kier alpha value is -2.96. The summed E-state index contributed by atoms with van der Waals surface area (Å²) in [4.78, 5) is 8.87. The predicted octanol–water partition coefficient (Wildman–Crippen LogP) is 2.67. The maximum absolute atomic E-state index is 4.50. The van der Waals surface area contributed by atoms with Gasteiger partial charge in [0.1, 0.15) is 0 Å². The molecule has 0 saturated heterocycles. The molecular formula is C16H17N7. The van der Waals surface area contributed by atoms with Gasteiger partial charge in [0.25, 0.3) is 0 Å². The first-order chi connectivity index (χ1) is 11.1. The molecule has 0 atom stereocenters. The number of pyridine rings is 1. The largest absolute Gasteiger partial charge is 0.305 e. The monoisotopic (exact) mass is 307 g/mol. The lowest BCUT2D eigenvalue weighted by molar-refractivity contribution is 0.768. The third-order valence-electron chi connectivity index (χ3n) is 3.88. The van der Waals surface area contributed by atoms with Crippen LogP contribution in [0.5, 0.6) is 0 Å². The topological polar surface area (TPSA) is 77.2 Å². The quantitative estimate of drug-likeness (QED) is 0.631. The van der Waals surface area contributed by atoms with Crippen LogP contribution in [0.25, 0.3) is 28.0 Å². The van der Waals surface area contributed by atoms with Gasteiger partial charge in [-0.25, -0.2) is 9.97 Å². The summed E-state index contributed by atoms with van der Waals surface area (Å²) in [7, 11) is 1.90. The van der Waals surface area contributed by atoms with E-state index in [0.29, 0.717) is 5.92 Å². The fourth-order valence-corrected chi connectivity index (χ4v) is 2.75. The first-order valence-electron chi connectivity index (χ1n) is 7.50. The summed E-state index contributed by atoms with van der Waals surface area (Å²) >= 11 is 0. The highest BCUT2D eigenvalue weighted by atomic mass is 15.2. The third kappa shape index (κ3) is 2.21. The van der Waals surface area contributed by atoms with Crippen molar-refractivity contribution in [3.05, 3.63) is 42.9 Å². The van der Waals surface area contributed by atoms with Gasteiger partial charge in [0, 0.05) is 31.2 Å². The minimum atomic E-state index is 0.313. The number of imidazole rings is 1. The van der Waals surface area contributed by atoms with Crippen molar-refractivity contribution in [2.45, 2.75) is 19.8 Å². The lowest BCUT2D eigenvalue weighted by Gasteiger charge is -2.06. The highest BCUT2D eigenvalue weighted by molar-refractivity contribution is 5.87. The van der Waals surface area contributed by atoms with Crippen LogP contribution in [0, 0.1) is 0 Å². The van der Waals surface area contributed by atoms with E-state index in [1.807, 2.05) is 42.6 Å². The number of hydrogen-bond acceptors (Lipinski definition) is 4. The predicted molar refractivity (Wildman–Crippen MR) is 87.3 cm³/mol. The first-order valence-corrected chi connectivity index (χ1v) is 7.50. The molecule has 0 aliphatic heterocycles. The van der Waals surface area contributed by atoms with E-state index >= 15 is 0 Å².